The number of nitrogens with one attached hydrogen (secondary N) is 1. The summed E-state index contributed by atoms with van der Waals surface area (Å²) in [6.07, 6.45) is 1.96. The number of nitrogens with zero attached hydrogens (tertiary/aromatic N) is 2. The highest BCUT2D eigenvalue weighted by Gasteiger charge is 2.32. The molecule has 0 amide bonds. The minimum atomic E-state index is -3.28. The van der Waals surface area contributed by atoms with Crippen LogP contribution < -0.4 is 14.4 Å². The Bertz CT molecular complexity index is 1110. The first-order chi connectivity index (χ1) is 13.3. The SMILES string of the molecule is COc1ccc(Nc2nc(-c3ccc4c(c3)C[C@H](C)N4S(C)(=O)=O)cs2)cc1. The predicted octanol–water partition coefficient (Wildman–Crippen LogP) is 4.27. The molecule has 0 spiro atoms. The van der Waals surface area contributed by atoms with Crippen LogP contribution in [0.1, 0.15) is 12.5 Å². The van der Waals surface area contributed by atoms with Gasteiger partial charge in [0.15, 0.2) is 5.13 Å². The van der Waals surface area contributed by atoms with E-state index >= 15 is 0 Å². The van der Waals surface area contributed by atoms with Crippen LogP contribution in [0.5, 0.6) is 5.75 Å². The standard InChI is InChI=1S/C20H21N3O3S2/c1-13-10-15-11-14(4-9-19(15)23(13)28(3,24)25)18-12-27-20(22-18)21-16-5-7-17(26-2)8-6-16/h4-9,11-13H,10H2,1-3H3,(H,21,22)/t13-/m0/s1. The Morgan fingerprint density at radius 3 is 2.64 bits per heavy atom. The van der Waals surface area contributed by atoms with E-state index in [1.54, 1.807) is 7.11 Å². The van der Waals surface area contributed by atoms with Crippen molar-refractivity contribution in [2.75, 3.05) is 23.0 Å². The van der Waals surface area contributed by atoms with Gasteiger partial charge in [0, 0.05) is 22.7 Å². The zero-order chi connectivity index (χ0) is 19.9. The van der Waals surface area contributed by atoms with Crippen molar-refractivity contribution in [1.29, 1.82) is 0 Å². The molecule has 1 atom stereocenters. The Morgan fingerprint density at radius 1 is 1.21 bits per heavy atom. The number of methoxy groups -OCH3 is 1. The quantitative estimate of drug-likeness (QED) is 0.674. The van der Waals surface area contributed by atoms with Crippen LogP contribution in [-0.4, -0.2) is 32.8 Å². The molecule has 0 saturated carbocycles. The normalized spacial score (nSPS) is 16.1. The van der Waals surface area contributed by atoms with Gasteiger partial charge in [0.05, 0.1) is 24.7 Å². The summed E-state index contributed by atoms with van der Waals surface area (Å²) in [4.78, 5) is 4.67. The fourth-order valence-electron chi connectivity index (χ4n) is 3.53. The number of anilines is 3. The molecule has 0 saturated heterocycles. The van der Waals surface area contributed by atoms with E-state index in [9.17, 15) is 8.42 Å². The topological polar surface area (TPSA) is 71.5 Å². The molecule has 3 aromatic rings. The number of thiazole rings is 1. The van der Waals surface area contributed by atoms with Crippen LogP contribution in [0.25, 0.3) is 11.3 Å². The fourth-order valence-corrected chi connectivity index (χ4v) is 5.53. The van der Waals surface area contributed by atoms with E-state index in [0.29, 0.717) is 6.42 Å². The molecule has 1 N–H and O–H groups in total. The molecule has 1 aliphatic heterocycles. The van der Waals surface area contributed by atoms with Gasteiger partial charge >= 0.3 is 0 Å². The monoisotopic (exact) mass is 415 g/mol. The zero-order valence-corrected chi connectivity index (χ0v) is 17.5. The largest absolute Gasteiger partial charge is 0.497 e. The Hall–Kier alpha value is -2.58. The Kier molecular flexibility index (Phi) is 4.76. The Labute approximate surface area is 168 Å². The molecule has 2 heterocycles. The smallest absolute Gasteiger partial charge is 0.232 e. The molecule has 0 bridgehead atoms. The number of ether oxygens (including phenoxy) is 1. The van der Waals surface area contributed by atoms with Gasteiger partial charge in [-0.3, -0.25) is 4.31 Å². The van der Waals surface area contributed by atoms with Crippen molar-refractivity contribution in [3.05, 3.63) is 53.4 Å². The molecule has 6 nitrogen and oxygen atoms in total. The third kappa shape index (κ3) is 3.57. The number of aromatic nitrogens is 1. The fraction of sp³-hybridized carbons (Fsp3) is 0.250. The van der Waals surface area contributed by atoms with Gasteiger partial charge in [-0.2, -0.15) is 0 Å². The van der Waals surface area contributed by atoms with Crippen LogP contribution in [0, 0.1) is 0 Å². The molecule has 1 aromatic heterocycles. The summed E-state index contributed by atoms with van der Waals surface area (Å²) in [6.45, 7) is 1.93. The predicted molar refractivity (Wildman–Crippen MR) is 114 cm³/mol. The molecule has 8 heteroatoms. The highest BCUT2D eigenvalue weighted by atomic mass is 32.2. The lowest BCUT2D eigenvalue weighted by Crippen LogP contribution is -2.34. The maximum absolute atomic E-state index is 12.1. The van der Waals surface area contributed by atoms with Crippen molar-refractivity contribution < 1.29 is 13.2 Å². The number of rotatable bonds is 5. The summed E-state index contributed by atoms with van der Waals surface area (Å²) in [6, 6.07) is 13.5. The molecule has 0 aliphatic carbocycles. The van der Waals surface area contributed by atoms with Crippen LogP contribution in [0.15, 0.2) is 47.8 Å². The van der Waals surface area contributed by atoms with E-state index in [2.05, 4.69) is 10.3 Å². The number of hydrogen-bond acceptors (Lipinski definition) is 6. The van der Waals surface area contributed by atoms with Crippen molar-refractivity contribution in [3.8, 4) is 17.0 Å². The first-order valence-corrected chi connectivity index (χ1v) is 11.6. The molecule has 1 aliphatic rings. The molecule has 0 radical (unpaired) electrons. The van der Waals surface area contributed by atoms with Crippen molar-refractivity contribution in [2.24, 2.45) is 0 Å². The molecule has 0 fully saturated rings. The minimum absolute atomic E-state index is 0.0667. The van der Waals surface area contributed by atoms with Crippen molar-refractivity contribution in [3.63, 3.8) is 0 Å². The summed E-state index contributed by atoms with van der Waals surface area (Å²) in [5.41, 5.74) is 4.60. The second kappa shape index (κ2) is 7.10. The highest BCUT2D eigenvalue weighted by Crippen LogP contribution is 2.37. The van der Waals surface area contributed by atoms with Gasteiger partial charge < -0.3 is 10.1 Å². The lowest BCUT2D eigenvalue weighted by molar-refractivity contribution is 0.415. The molecule has 28 heavy (non-hydrogen) atoms. The van der Waals surface area contributed by atoms with Gasteiger partial charge in [-0.25, -0.2) is 13.4 Å². The number of fused-ring (bicyclic) bond motifs is 1. The number of hydrogen-bond donors (Lipinski definition) is 1. The van der Waals surface area contributed by atoms with Gasteiger partial charge in [-0.05, 0) is 55.3 Å². The third-order valence-electron chi connectivity index (χ3n) is 4.73. The van der Waals surface area contributed by atoms with E-state index in [0.717, 1.165) is 39.1 Å². The molecule has 146 valence electrons. The van der Waals surface area contributed by atoms with Crippen molar-refractivity contribution in [1.82, 2.24) is 4.98 Å². The lowest BCUT2D eigenvalue weighted by atomic mass is 10.1. The number of sulfonamides is 1. The van der Waals surface area contributed by atoms with Crippen molar-refractivity contribution >= 4 is 37.9 Å². The lowest BCUT2D eigenvalue weighted by Gasteiger charge is -2.21. The van der Waals surface area contributed by atoms with Crippen LogP contribution >= 0.6 is 11.3 Å². The molecular formula is C20H21N3O3S2. The third-order valence-corrected chi connectivity index (χ3v) is 6.76. The first kappa shape index (κ1) is 18.8. The van der Waals surface area contributed by atoms with Crippen LogP contribution in [0.2, 0.25) is 0 Å². The molecule has 2 aromatic carbocycles. The van der Waals surface area contributed by atoms with E-state index < -0.39 is 10.0 Å². The van der Waals surface area contributed by atoms with E-state index in [-0.39, 0.29) is 6.04 Å². The maximum Gasteiger partial charge on any atom is 0.232 e. The summed E-state index contributed by atoms with van der Waals surface area (Å²) in [7, 11) is -1.64. The van der Waals surface area contributed by atoms with Crippen molar-refractivity contribution in [2.45, 2.75) is 19.4 Å². The summed E-state index contributed by atoms with van der Waals surface area (Å²) in [5.74, 6) is 0.806. The zero-order valence-electron chi connectivity index (χ0n) is 15.8. The summed E-state index contributed by atoms with van der Waals surface area (Å²) < 4.78 is 30.8. The minimum Gasteiger partial charge on any atom is -0.497 e. The Morgan fingerprint density at radius 2 is 1.96 bits per heavy atom. The number of benzene rings is 2. The maximum atomic E-state index is 12.1. The van der Waals surface area contributed by atoms with Crippen LogP contribution in [-0.2, 0) is 16.4 Å². The highest BCUT2D eigenvalue weighted by molar-refractivity contribution is 7.92. The molecular weight excluding hydrogens is 394 g/mol. The van der Waals surface area contributed by atoms with Gasteiger partial charge in [0.2, 0.25) is 10.0 Å². The first-order valence-electron chi connectivity index (χ1n) is 8.84. The Balaban J connectivity index is 1.57. The summed E-state index contributed by atoms with van der Waals surface area (Å²) >= 11 is 1.53. The van der Waals surface area contributed by atoms with Gasteiger partial charge in [-0.1, -0.05) is 6.07 Å². The average molecular weight is 416 g/mol. The van der Waals surface area contributed by atoms with E-state index in [4.69, 9.17) is 4.74 Å². The second-order valence-electron chi connectivity index (χ2n) is 6.85. The van der Waals surface area contributed by atoms with E-state index in [1.165, 1.54) is 21.9 Å². The van der Waals surface area contributed by atoms with Gasteiger partial charge in [0.25, 0.3) is 0 Å². The second-order valence-corrected chi connectivity index (χ2v) is 9.56. The van der Waals surface area contributed by atoms with E-state index in [1.807, 2.05) is 54.8 Å². The van der Waals surface area contributed by atoms with Gasteiger partial charge in [0.1, 0.15) is 5.75 Å². The van der Waals surface area contributed by atoms with Gasteiger partial charge in [-0.15, -0.1) is 11.3 Å². The average Bonchev–Trinajstić information content (AvgIpc) is 3.24. The van der Waals surface area contributed by atoms with Crippen LogP contribution in [0.4, 0.5) is 16.5 Å². The molecule has 4 rings (SSSR count). The molecule has 0 unspecified atom stereocenters. The summed E-state index contributed by atoms with van der Waals surface area (Å²) in [5, 5.41) is 6.09. The van der Waals surface area contributed by atoms with Crippen LogP contribution in [0.3, 0.4) is 0 Å².